The van der Waals surface area contributed by atoms with Crippen LogP contribution in [0.5, 0.6) is 5.75 Å². The number of benzene rings is 2. The Morgan fingerprint density at radius 2 is 2.00 bits per heavy atom. The van der Waals surface area contributed by atoms with E-state index in [1.54, 1.807) is 0 Å². The number of ether oxygens (including phenoxy) is 1. The highest BCUT2D eigenvalue weighted by molar-refractivity contribution is 5.62. The molecule has 2 aromatic carbocycles. The van der Waals surface area contributed by atoms with E-state index in [0.717, 1.165) is 17.0 Å². The lowest BCUT2D eigenvalue weighted by molar-refractivity contribution is 0.223. The van der Waals surface area contributed by atoms with Crippen LogP contribution < -0.4 is 15.8 Å². The lowest BCUT2D eigenvalue weighted by Gasteiger charge is -2.39. The van der Waals surface area contributed by atoms with E-state index in [-0.39, 0.29) is 5.54 Å². The summed E-state index contributed by atoms with van der Waals surface area (Å²) in [5.74, 6) is 0.894. The van der Waals surface area contributed by atoms with Crippen molar-refractivity contribution >= 4 is 5.69 Å². The van der Waals surface area contributed by atoms with Gasteiger partial charge in [-0.05, 0) is 30.2 Å². The maximum Gasteiger partial charge on any atom is 0.142 e. The van der Waals surface area contributed by atoms with Crippen LogP contribution in [0.1, 0.15) is 11.1 Å². The predicted molar refractivity (Wildman–Crippen MR) is 77.5 cm³/mol. The summed E-state index contributed by atoms with van der Waals surface area (Å²) in [6.45, 7) is 3.11. The second kappa shape index (κ2) is 4.59. The molecule has 3 heteroatoms. The summed E-state index contributed by atoms with van der Waals surface area (Å²) in [7, 11) is 0. The Balaban J connectivity index is 2.02. The van der Waals surface area contributed by atoms with Crippen molar-refractivity contribution in [2.45, 2.75) is 12.5 Å². The molecule has 2 aromatic rings. The molecule has 3 N–H and O–H groups in total. The Morgan fingerprint density at radius 1 is 1.21 bits per heavy atom. The molecule has 0 amide bonds. The van der Waals surface area contributed by atoms with E-state index in [1.807, 2.05) is 24.3 Å². The van der Waals surface area contributed by atoms with Crippen molar-refractivity contribution in [2.24, 2.45) is 5.73 Å². The summed E-state index contributed by atoms with van der Waals surface area (Å²) in [4.78, 5) is 0. The van der Waals surface area contributed by atoms with Crippen molar-refractivity contribution in [2.75, 3.05) is 18.5 Å². The molecule has 98 valence electrons. The summed E-state index contributed by atoms with van der Waals surface area (Å²) in [5.41, 5.74) is 9.05. The van der Waals surface area contributed by atoms with Gasteiger partial charge in [0.05, 0.1) is 5.69 Å². The fourth-order valence-corrected chi connectivity index (χ4v) is 2.50. The third-order valence-corrected chi connectivity index (χ3v) is 3.66. The van der Waals surface area contributed by atoms with E-state index < -0.39 is 0 Å². The fraction of sp³-hybridized carbons (Fsp3) is 0.250. The zero-order chi connectivity index (χ0) is 13.3. The van der Waals surface area contributed by atoms with Crippen LogP contribution in [0.4, 0.5) is 5.69 Å². The van der Waals surface area contributed by atoms with Gasteiger partial charge in [-0.2, -0.15) is 0 Å². The minimum atomic E-state index is -0.345. The van der Waals surface area contributed by atoms with Crippen LogP contribution in [0.15, 0.2) is 48.5 Å². The molecule has 1 atom stereocenters. The van der Waals surface area contributed by atoms with E-state index in [0.29, 0.717) is 13.2 Å². The van der Waals surface area contributed by atoms with E-state index in [4.69, 9.17) is 10.5 Å². The van der Waals surface area contributed by atoms with Crippen LogP contribution in [0.3, 0.4) is 0 Å². The topological polar surface area (TPSA) is 47.3 Å². The fourth-order valence-electron chi connectivity index (χ4n) is 2.50. The van der Waals surface area contributed by atoms with Crippen LogP contribution in [-0.2, 0) is 5.54 Å². The number of rotatable bonds is 2. The van der Waals surface area contributed by atoms with Gasteiger partial charge in [0.2, 0.25) is 0 Å². The highest BCUT2D eigenvalue weighted by atomic mass is 16.5. The lowest BCUT2D eigenvalue weighted by atomic mass is 9.89. The number of aryl methyl sites for hydroxylation is 1. The Kier molecular flexibility index (Phi) is 2.91. The smallest absolute Gasteiger partial charge is 0.142 e. The van der Waals surface area contributed by atoms with Crippen LogP contribution in [0.2, 0.25) is 0 Å². The number of nitrogens with one attached hydrogen (secondary N) is 1. The highest BCUT2D eigenvalue weighted by Crippen LogP contribution is 2.37. The summed E-state index contributed by atoms with van der Waals surface area (Å²) >= 11 is 0. The number of hydrogen-bond acceptors (Lipinski definition) is 3. The first kappa shape index (κ1) is 12.1. The Morgan fingerprint density at radius 3 is 2.74 bits per heavy atom. The van der Waals surface area contributed by atoms with Gasteiger partial charge in [0.1, 0.15) is 17.9 Å². The SMILES string of the molecule is Cc1ccc2c(c1)NC(CN)(c1ccccc1)CO2. The third kappa shape index (κ3) is 2.06. The average molecular weight is 254 g/mol. The molecule has 3 rings (SSSR count). The number of nitrogens with two attached hydrogens (primary N) is 1. The van der Waals surface area contributed by atoms with E-state index >= 15 is 0 Å². The standard InChI is InChI=1S/C16H18N2O/c1-12-7-8-15-14(9-12)18-16(10-17,11-19-15)13-5-3-2-4-6-13/h2-9,18H,10-11,17H2,1H3. The molecule has 0 bridgehead atoms. The quantitative estimate of drug-likeness (QED) is 0.866. The number of anilines is 1. The lowest BCUT2D eigenvalue weighted by Crippen LogP contribution is -2.49. The molecule has 0 spiro atoms. The molecule has 0 saturated heterocycles. The van der Waals surface area contributed by atoms with Crippen molar-refractivity contribution in [1.82, 2.24) is 0 Å². The molecular weight excluding hydrogens is 236 g/mol. The minimum Gasteiger partial charge on any atom is -0.489 e. The molecular formula is C16H18N2O. The first-order chi connectivity index (χ1) is 9.23. The predicted octanol–water partition coefficient (Wildman–Crippen LogP) is 2.65. The minimum absolute atomic E-state index is 0.345. The van der Waals surface area contributed by atoms with Crippen molar-refractivity contribution in [1.29, 1.82) is 0 Å². The molecule has 19 heavy (non-hydrogen) atoms. The van der Waals surface area contributed by atoms with Gasteiger partial charge in [-0.3, -0.25) is 0 Å². The van der Waals surface area contributed by atoms with Crippen LogP contribution in [-0.4, -0.2) is 13.2 Å². The normalized spacial score (nSPS) is 21.2. The van der Waals surface area contributed by atoms with E-state index in [9.17, 15) is 0 Å². The van der Waals surface area contributed by atoms with Crippen LogP contribution >= 0.6 is 0 Å². The zero-order valence-corrected chi connectivity index (χ0v) is 11.0. The maximum absolute atomic E-state index is 6.02. The van der Waals surface area contributed by atoms with Gasteiger partial charge in [-0.1, -0.05) is 36.4 Å². The van der Waals surface area contributed by atoms with Crippen LogP contribution in [0.25, 0.3) is 0 Å². The summed E-state index contributed by atoms with van der Waals surface area (Å²) in [6, 6.07) is 16.4. The molecule has 1 heterocycles. The molecule has 1 aliphatic rings. The van der Waals surface area contributed by atoms with Crippen molar-refractivity contribution in [3.63, 3.8) is 0 Å². The van der Waals surface area contributed by atoms with Gasteiger partial charge in [-0.15, -0.1) is 0 Å². The van der Waals surface area contributed by atoms with Crippen LogP contribution in [0, 0.1) is 6.92 Å². The molecule has 0 radical (unpaired) electrons. The molecule has 1 aliphatic heterocycles. The first-order valence-electron chi connectivity index (χ1n) is 6.51. The number of fused-ring (bicyclic) bond motifs is 1. The third-order valence-electron chi connectivity index (χ3n) is 3.66. The highest BCUT2D eigenvalue weighted by Gasteiger charge is 2.35. The Bertz CT molecular complexity index is 583. The molecule has 0 aromatic heterocycles. The van der Waals surface area contributed by atoms with E-state index in [2.05, 4.69) is 36.5 Å². The first-order valence-corrected chi connectivity index (χ1v) is 6.51. The van der Waals surface area contributed by atoms with Gasteiger partial charge in [0.15, 0.2) is 0 Å². The number of hydrogen-bond donors (Lipinski definition) is 2. The monoisotopic (exact) mass is 254 g/mol. The Labute approximate surface area is 113 Å². The van der Waals surface area contributed by atoms with Gasteiger partial charge in [-0.25, -0.2) is 0 Å². The second-order valence-corrected chi connectivity index (χ2v) is 5.07. The average Bonchev–Trinajstić information content (AvgIpc) is 2.47. The summed E-state index contributed by atoms with van der Waals surface area (Å²) < 4.78 is 5.90. The van der Waals surface area contributed by atoms with Gasteiger partial charge in [0, 0.05) is 6.54 Å². The molecule has 0 saturated carbocycles. The Hall–Kier alpha value is -2.00. The zero-order valence-electron chi connectivity index (χ0n) is 11.0. The maximum atomic E-state index is 6.02. The van der Waals surface area contributed by atoms with Crippen molar-refractivity contribution < 1.29 is 4.74 Å². The molecule has 3 nitrogen and oxygen atoms in total. The van der Waals surface area contributed by atoms with Crippen molar-refractivity contribution in [3.8, 4) is 5.75 Å². The molecule has 1 unspecified atom stereocenters. The van der Waals surface area contributed by atoms with Gasteiger partial charge < -0.3 is 15.8 Å². The van der Waals surface area contributed by atoms with Gasteiger partial charge in [0.25, 0.3) is 0 Å². The van der Waals surface area contributed by atoms with Crippen molar-refractivity contribution in [3.05, 3.63) is 59.7 Å². The molecule has 0 fully saturated rings. The van der Waals surface area contributed by atoms with E-state index in [1.165, 1.54) is 5.56 Å². The summed E-state index contributed by atoms with van der Waals surface area (Å²) in [5, 5.41) is 3.57. The second-order valence-electron chi connectivity index (χ2n) is 5.07. The summed E-state index contributed by atoms with van der Waals surface area (Å²) in [6.07, 6.45) is 0. The molecule has 0 aliphatic carbocycles. The largest absolute Gasteiger partial charge is 0.489 e. The van der Waals surface area contributed by atoms with Gasteiger partial charge >= 0.3 is 0 Å².